The first kappa shape index (κ1) is 21.5. The van der Waals surface area contributed by atoms with Gasteiger partial charge in [0.05, 0.1) is 11.3 Å². The SMILES string of the molecule is CCNC(=O)C(C)NC(=O)CSc1nnc(-c2ccccc2F)n1-c1ccccc1. The third kappa shape index (κ3) is 5.04. The summed E-state index contributed by atoms with van der Waals surface area (Å²) in [5.74, 6) is -0.588. The van der Waals surface area contributed by atoms with Gasteiger partial charge in [-0.3, -0.25) is 14.2 Å². The second-order valence-electron chi connectivity index (χ2n) is 6.43. The van der Waals surface area contributed by atoms with Crippen LogP contribution < -0.4 is 10.6 Å². The van der Waals surface area contributed by atoms with Crippen molar-refractivity contribution in [1.82, 2.24) is 25.4 Å². The number of para-hydroxylation sites is 1. The lowest BCUT2D eigenvalue weighted by Crippen LogP contribution is -2.45. The number of hydrogen-bond acceptors (Lipinski definition) is 5. The molecule has 1 atom stereocenters. The van der Waals surface area contributed by atoms with Gasteiger partial charge in [0.15, 0.2) is 11.0 Å². The molecule has 156 valence electrons. The molecule has 2 amide bonds. The molecule has 0 bridgehead atoms. The van der Waals surface area contributed by atoms with Crippen molar-refractivity contribution in [3.05, 3.63) is 60.4 Å². The molecule has 0 radical (unpaired) electrons. The lowest BCUT2D eigenvalue weighted by molar-refractivity contribution is -0.127. The van der Waals surface area contributed by atoms with E-state index >= 15 is 0 Å². The highest BCUT2D eigenvalue weighted by Gasteiger charge is 2.20. The molecule has 0 spiro atoms. The van der Waals surface area contributed by atoms with Gasteiger partial charge >= 0.3 is 0 Å². The number of benzene rings is 2. The number of carbonyl (C=O) groups is 2. The Morgan fingerprint density at radius 3 is 2.50 bits per heavy atom. The highest BCUT2D eigenvalue weighted by atomic mass is 32.2. The summed E-state index contributed by atoms with van der Waals surface area (Å²) in [6, 6.07) is 15.0. The van der Waals surface area contributed by atoms with Crippen molar-refractivity contribution >= 4 is 23.6 Å². The first-order valence-electron chi connectivity index (χ1n) is 9.47. The molecule has 30 heavy (non-hydrogen) atoms. The van der Waals surface area contributed by atoms with Crippen LogP contribution in [0.15, 0.2) is 59.8 Å². The minimum atomic E-state index is -0.640. The number of rotatable bonds is 8. The third-order valence-electron chi connectivity index (χ3n) is 4.22. The number of likely N-dealkylation sites (N-methyl/N-ethyl adjacent to an activating group) is 1. The Morgan fingerprint density at radius 1 is 1.10 bits per heavy atom. The molecule has 1 aromatic heterocycles. The molecular formula is C21H22FN5O2S. The van der Waals surface area contributed by atoms with E-state index in [4.69, 9.17) is 0 Å². The molecule has 3 rings (SSSR count). The van der Waals surface area contributed by atoms with Crippen LogP contribution in [-0.4, -0.2) is 44.9 Å². The zero-order valence-corrected chi connectivity index (χ0v) is 17.4. The largest absolute Gasteiger partial charge is 0.355 e. The van der Waals surface area contributed by atoms with Gasteiger partial charge in [-0.15, -0.1) is 10.2 Å². The van der Waals surface area contributed by atoms with Gasteiger partial charge in [-0.25, -0.2) is 4.39 Å². The van der Waals surface area contributed by atoms with Crippen molar-refractivity contribution in [1.29, 1.82) is 0 Å². The Morgan fingerprint density at radius 2 is 1.80 bits per heavy atom. The maximum atomic E-state index is 14.4. The Kier molecular flexibility index (Phi) is 7.18. The molecule has 1 heterocycles. The highest BCUT2D eigenvalue weighted by molar-refractivity contribution is 7.99. The van der Waals surface area contributed by atoms with Crippen molar-refractivity contribution < 1.29 is 14.0 Å². The smallest absolute Gasteiger partial charge is 0.242 e. The zero-order valence-electron chi connectivity index (χ0n) is 16.6. The number of halogens is 1. The van der Waals surface area contributed by atoms with E-state index in [0.717, 1.165) is 17.4 Å². The van der Waals surface area contributed by atoms with Gasteiger partial charge in [0.1, 0.15) is 11.9 Å². The highest BCUT2D eigenvalue weighted by Crippen LogP contribution is 2.29. The number of hydrogen-bond donors (Lipinski definition) is 2. The van der Waals surface area contributed by atoms with Crippen LogP contribution in [0, 0.1) is 5.82 Å². The van der Waals surface area contributed by atoms with Crippen LogP contribution in [0.1, 0.15) is 13.8 Å². The van der Waals surface area contributed by atoms with E-state index in [0.29, 0.717) is 23.1 Å². The molecule has 7 nitrogen and oxygen atoms in total. The van der Waals surface area contributed by atoms with Crippen LogP contribution in [0.5, 0.6) is 0 Å². The van der Waals surface area contributed by atoms with E-state index in [2.05, 4.69) is 20.8 Å². The summed E-state index contributed by atoms with van der Waals surface area (Å²) in [5.41, 5.74) is 1.06. The molecule has 0 aliphatic heterocycles. The van der Waals surface area contributed by atoms with Gasteiger partial charge in [-0.2, -0.15) is 0 Å². The van der Waals surface area contributed by atoms with Gasteiger partial charge in [0, 0.05) is 12.2 Å². The standard InChI is InChI=1S/C21H22FN5O2S/c1-3-23-20(29)14(2)24-18(28)13-30-21-26-25-19(16-11-7-8-12-17(16)22)27(21)15-9-5-4-6-10-15/h4-12,14H,3,13H2,1-2H3,(H,23,29)(H,24,28). The minimum absolute atomic E-state index is 0.0337. The Balaban J connectivity index is 1.83. The molecule has 2 N–H and O–H groups in total. The fourth-order valence-electron chi connectivity index (χ4n) is 2.80. The fourth-order valence-corrected chi connectivity index (χ4v) is 3.56. The van der Waals surface area contributed by atoms with E-state index in [1.165, 1.54) is 6.07 Å². The molecule has 0 fully saturated rings. The maximum absolute atomic E-state index is 14.4. The van der Waals surface area contributed by atoms with Crippen LogP contribution in [0.25, 0.3) is 17.1 Å². The third-order valence-corrected chi connectivity index (χ3v) is 5.15. The minimum Gasteiger partial charge on any atom is -0.355 e. The normalized spacial score (nSPS) is 11.7. The van der Waals surface area contributed by atoms with E-state index in [1.54, 1.807) is 29.7 Å². The van der Waals surface area contributed by atoms with Gasteiger partial charge in [-0.1, -0.05) is 42.1 Å². The van der Waals surface area contributed by atoms with Gasteiger partial charge in [-0.05, 0) is 38.1 Å². The van der Waals surface area contributed by atoms with Crippen molar-refractivity contribution in [2.75, 3.05) is 12.3 Å². The summed E-state index contributed by atoms with van der Waals surface area (Å²) in [6.07, 6.45) is 0. The van der Waals surface area contributed by atoms with Crippen molar-refractivity contribution in [3.8, 4) is 17.1 Å². The summed E-state index contributed by atoms with van der Waals surface area (Å²) in [7, 11) is 0. The number of amides is 2. The first-order valence-corrected chi connectivity index (χ1v) is 10.5. The van der Waals surface area contributed by atoms with Gasteiger partial charge < -0.3 is 10.6 Å². The fraction of sp³-hybridized carbons (Fsp3) is 0.238. The lowest BCUT2D eigenvalue weighted by Gasteiger charge is -2.13. The molecule has 3 aromatic rings. The maximum Gasteiger partial charge on any atom is 0.242 e. The summed E-state index contributed by atoms with van der Waals surface area (Å²) < 4.78 is 16.1. The number of aromatic nitrogens is 3. The summed E-state index contributed by atoms with van der Waals surface area (Å²) >= 11 is 1.16. The Labute approximate surface area is 178 Å². The second kappa shape index (κ2) is 10.0. The predicted octanol–water partition coefficient (Wildman–Crippen LogP) is 2.81. The monoisotopic (exact) mass is 427 g/mol. The molecule has 2 aromatic carbocycles. The topological polar surface area (TPSA) is 88.9 Å². The zero-order chi connectivity index (χ0) is 21.5. The quantitative estimate of drug-likeness (QED) is 0.540. The predicted molar refractivity (Wildman–Crippen MR) is 114 cm³/mol. The molecule has 0 aliphatic rings. The second-order valence-corrected chi connectivity index (χ2v) is 7.37. The van der Waals surface area contributed by atoms with E-state index in [9.17, 15) is 14.0 Å². The average molecular weight is 428 g/mol. The number of nitrogens with one attached hydrogen (secondary N) is 2. The van der Waals surface area contributed by atoms with Crippen molar-refractivity contribution in [2.24, 2.45) is 0 Å². The van der Waals surface area contributed by atoms with Crippen LogP contribution in [0.3, 0.4) is 0 Å². The van der Waals surface area contributed by atoms with Gasteiger partial charge in [0.2, 0.25) is 11.8 Å². The van der Waals surface area contributed by atoms with Crippen LogP contribution in [0.2, 0.25) is 0 Å². The van der Waals surface area contributed by atoms with Crippen molar-refractivity contribution in [2.45, 2.75) is 25.0 Å². The van der Waals surface area contributed by atoms with Crippen LogP contribution >= 0.6 is 11.8 Å². The molecule has 1 unspecified atom stereocenters. The average Bonchev–Trinajstić information content (AvgIpc) is 3.17. The summed E-state index contributed by atoms with van der Waals surface area (Å²) in [4.78, 5) is 24.1. The van der Waals surface area contributed by atoms with Crippen molar-refractivity contribution in [3.63, 3.8) is 0 Å². The van der Waals surface area contributed by atoms with E-state index in [1.807, 2.05) is 37.3 Å². The molecule has 0 saturated heterocycles. The summed E-state index contributed by atoms with van der Waals surface area (Å²) in [6.45, 7) is 3.93. The summed E-state index contributed by atoms with van der Waals surface area (Å²) in [5, 5.41) is 14.1. The van der Waals surface area contributed by atoms with Crippen LogP contribution in [-0.2, 0) is 9.59 Å². The number of carbonyl (C=O) groups excluding carboxylic acids is 2. The number of nitrogens with zero attached hydrogens (tertiary/aromatic N) is 3. The lowest BCUT2D eigenvalue weighted by atomic mass is 10.2. The first-order chi connectivity index (χ1) is 14.5. The Hall–Kier alpha value is -3.20. The van der Waals surface area contributed by atoms with Gasteiger partial charge in [0.25, 0.3) is 0 Å². The number of thioether (sulfide) groups is 1. The molecule has 9 heteroatoms. The van der Waals surface area contributed by atoms with Crippen LogP contribution in [0.4, 0.5) is 4.39 Å². The molecule has 0 saturated carbocycles. The Bertz CT molecular complexity index is 1030. The van der Waals surface area contributed by atoms with E-state index < -0.39 is 11.9 Å². The molecular weight excluding hydrogens is 405 g/mol. The van der Waals surface area contributed by atoms with E-state index in [-0.39, 0.29) is 17.6 Å². The molecule has 0 aliphatic carbocycles.